The van der Waals surface area contributed by atoms with Gasteiger partial charge in [-0.15, -0.1) is 0 Å². The minimum absolute atomic E-state index is 0.124. The van der Waals surface area contributed by atoms with Gasteiger partial charge in [0, 0.05) is 11.6 Å². The van der Waals surface area contributed by atoms with E-state index in [2.05, 4.69) is 5.32 Å². The Morgan fingerprint density at radius 3 is 2.71 bits per heavy atom. The lowest BCUT2D eigenvalue weighted by atomic mass is 10.1. The summed E-state index contributed by atoms with van der Waals surface area (Å²) in [6, 6.07) is 5.13. The molecule has 0 fully saturated rings. The quantitative estimate of drug-likeness (QED) is 0.882. The van der Waals surface area contributed by atoms with Gasteiger partial charge in [0.2, 0.25) is 12.7 Å². The lowest BCUT2D eigenvalue weighted by molar-refractivity contribution is -0.115. The van der Waals surface area contributed by atoms with Gasteiger partial charge in [-0.2, -0.15) is 11.3 Å². The Hall–Kier alpha value is -2.34. The van der Waals surface area contributed by atoms with Gasteiger partial charge in [-0.05, 0) is 35.4 Å². The van der Waals surface area contributed by atoms with Crippen LogP contribution in [0.5, 0.6) is 11.5 Å². The maximum Gasteiger partial charge on any atom is 0.231 e. The molecule has 5 nitrogen and oxygen atoms in total. The Morgan fingerprint density at radius 1 is 1.29 bits per heavy atom. The Morgan fingerprint density at radius 2 is 2.05 bits per heavy atom. The number of benzene rings is 1. The van der Waals surface area contributed by atoms with Crippen LogP contribution in [-0.4, -0.2) is 18.5 Å². The van der Waals surface area contributed by atoms with Crippen LogP contribution in [0.4, 0.5) is 5.69 Å². The van der Waals surface area contributed by atoms with Crippen LogP contribution >= 0.6 is 11.3 Å². The van der Waals surface area contributed by atoms with E-state index in [1.54, 1.807) is 23.5 Å². The summed E-state index contributed by atoms with van der Waals surface area (Å²) in [5.74, 6) is 0.746. The Bertz CT molecular complexity index is 694. The van der Waals surface area contributed by atoms with Crippen molar-refractivity contribution in [1.82, 2.24) is 0 Å². The van der Waals surface area contributed by atoms with Crippen molar-refractivity contribution >= 4 is 28.7 Å². The molecular formula is C15H13NO4S. The highest BCUT2D eigenvalue weighted by Crippen LogP contribution is 2.37. The number of ketones is 1. The van der Waals surface area contributed by atoms with Crippen molar-refractivity contribution in [2.75, 3.05) is 12.1 Å². The molecule has 0 unspecified atom stereocenters. The van der Waals surface area contributed by atoms with Crippen LogP contribution in [0.2, 0.25) is 0 Å². The van der Waals surface area contributed by atoms with E-state index in [4.69, 9.17) is 9.47 Å². The molecule has 1 aromatic heterocycles. The maximum absolute atomic E-state index is 12.1. The Kier molecular flexibility index (Phi) is 3.62. The number of carbonyl (C=O) groups excluding carboxylic acids is 2. The van der Waals surface area contributed by atoms with Crippen LogP contribution in [0.3, 0.4) is 0 Å². The van der Waals surface area contributed by atoms with Gasteiger partial charge < -0.3 is 14.8 Å². The van der Waals surface area contributed by atoms with Crippen LogP contribution in [0.15, 0.2) is 29.0 Å². The van der Waals surface area contributed by atoms with Crippen molar-refractivity contribution in [2.24, 2.45) is 0 Å². The fourth-order valence-corrected chi connectivity index (χ4v) is 2.78. The number of thiophene rings is 1. The number of carbonyl (C=O) groups is 2. The monoisotopic (exact) mass is 303 g/mol. The molecule has 0 aliphatic carbocycles. The second kappa shape index (κ2) is 5.57. The summed E-state index contributed by atoms with van der Waals surface area (Å²) in [7, 11) is 0. The standard InChI is InChI=1S/C15H13NO4S/c1-9(17)11-5-13-14(20-8-19-13)6-12(11)16-15(18)4-10-2-3-21-7-10/h2-3,5-7H,4,8H2,1H3,(H,16,18). The number of anilines is 1. The van der Waals surface area contributed by atoms with Crippen molar-refractivity contribution in [3.63, 3.8) is 0 Å². The minimum Gasteiger partial charge on any atom is -0.454 e. The summed E-state index contributed by atoms with van der Waals surface area (Å²) < 4.78 is 10.5. The zero-order chi connectivity index (χ0) is 14.8. The highest BCUT2D eigenvalue weighted by molar-refractivity contribution is 7.08. The average Bonchev–Trinajstić information content (AvgIpc) is 3.07. The third kappa shape index (κ3) is 2.90. The lowest BCUT2D eigenvalue weighted by Gasteiger charge is -2.10. The van der Waals surface area contributed by atoms with E-state index in [0.29, 0.717) is 22.7 Å². The molecule has 0 bridgehead atoms. The van der Waals surface area contributed by atoms with Crippen LogP contribution in [0, 0.1) is 0 Å². The number of hydrogen-bond acceptors (Lipinski definition) is 5. The van der Waals surface area contributed by atoms with E-state index in [-0.39, 0.29) is 24.9 Å². The van der Waals surface area contributed by atoms with Crippen molar-refractivity contribution in [3.8, 4) is 11.5 Å². The fourth-order valence-electron chi connectivity index (χ4n) is 2.11. The number of ether oxygens (including phenoxy) is 2. The van der Waals surface area contributed by atoms with Gasteiger partial charge in [-0.3, -0.25) is 9.59 Å². The smallest absolute Gasteiger partial charge is 0.231 e. The summed E-state index contributed by atoms with van der Waals surface area (Å²) >= 11 is 1.54. The number of nitrogens with one attached hydrogen (secondary N) is 1. The van der Waals surface area contributed by atoms with E-state index in [0.717, 1.165) is 5.56 Å². The van der Waals surface area contributed by atoms with Gasteiger partial charge in [0.15, 0.2) is 17.3 Å². The second-order valence-corrected chi connectivity index (χ2v) is 5.44. The zero-order valence-corrected chi connectivity index (χ0v) is 12.2. The number of amides is 1. The number of fused-ring (bicyclic) bond motifs is 1. The molecule has 2 heterocycles. The minimum atomic E-state index is -0.172. The van der Waals surface area contributed by atoms with E-state index in [9.17, 15) is 9.59 Å². The first-order valence-electron chi connectivity index (χ1n) is 6.39. The van der Waals surface area contributed by atoms with Gasteiger partial charge in [-0.25, -0.2) is 0 Å². The molecule has 1 N–H and O–H groups in total. The van der Waals surface area contributed by atoms with Gasteiger partial charge in [0.25, 0.3) is 0 Å². The van der Waals surface area contributed by atoms with Gasteiger partial charge in [0.05, 0.1) is 12.1 Å². The molecule has 3 rings (SSSR count). The highest BCUT2D eigenvalue weighted by atomic mass is 32.1. The van der Waals surface area contributed by atoms with Crippen molar-refractivity contribution in [2.45, 2.75) is 13.3 Å². The van der Waals surface area contributed by atoms with Crippen molar-refractivity contribution < 1.29 is 19.1 Å². The highest BCUT2D eigenvalue weighted by Gasteiger charge is 2.20. The van der Waals surface area contributed by atoms with Gasteiger partial charge >= 0.3 is 0 Å². The maximum atomic E-state index is 12.1. The zero-order valence-electron chi connectivity index (χ0n) is 11.3. The molecule has 6 heteroatoms. The fraction of sp³-hybridized carbons (Fsp3) is 0.200. The molecule has 1 aromatic carbocycles. The molecule has 0 saturated heterocycles. The van der Waals surface area contributed by atoms with Crippen molar-refractivity contribution in [1.29, 1.82) is 0 Å². The van der Waals surface area contributed by atoms with Crippen LogP contribution in [0.25, 0.3) is 0 Å². The Balaban J connectivity index is 1.84. The van der Waals surface area contributed by atoms with E-state index in [1.165, 1.54) is 6.92 Å². The van der Waals surface area contributed by atoms with E-state index >= 15 is 0 Å². The summed E-state index contributed by atoms with van der Waals surface area (Å²) in [5, 5.41) is 6.61. The molecular weight excluding hydrogens is 290 g/mol. The summed E-state index contributed by atoms with van der Waals surface area (Å²) in [5.41, 5.74) is 1.81. The molecule has 2 aromatic rings. The predicted octanol–water partition coefficient (Wildman–Crippen LogP) is 2.86. The first kappa shape index (κ1) is 13.6. The number of Topliss-reactive ketones (excluding diaryl/α,β-unsaturated/α-hetero) is 1. The van der Waals surface area contributed by atoms with Gasteiger partial charge in [0.1, 0.15) is 0 Å². The summed E-state index contributed by atoms with van der Waals surface area (Å²) in [6.45, 7) is 1.57. The molecule has 0 atom stereocenters. The molecule has 0 saturated carbocycles. The summed E-state index contributed by atoms with van der Waals surface area (Å²) in [4.78, 5) is 23.8. The molecule has 1 aliphatic rings. The van der Waals surface area contributed by atoms with Crippen LogP contribution < -0.4 is 14.8 Å². The second-order valence-electron chi connectivity index (χ2n) is 4.66. The Labute approximate surface area is 125 Å². The lowest BCUT2D eigenvalue weighted by Crippen LogP contribution is -2.16. The first-order chi connectivity index (χ1) is 10.1. The molecule has 0 spiro atoms. The molecule has 1 aliphatic heterocycles. The van der Waals surface area contributed by atoms with E-state index < -0.39 is 0 Å². The molecule has 0 radical (unpaired) electrons. The molecule has 21 heavy (non-hydrogen) atoms. The summed E-state index contributed by atoms with van der Waals surface area (Å²) in [6.07, 6.45) is 0.273. The average molecular weight is 303 g/mol. The van der Waals surface area contributed by atoms with Crippen molar-refractivity contribution in [3.05, 3.63) is 40.1 Å². The number of rotatable bonds is 4. The van der Waals surface area contributed by atoms with Gasteiger partial charge in [-0.1, -0.05) is 0 Å². The topological polar surface area (TPSA) is 64.6 Å². The third-order valence-corrected chi connectivity index (χ3v) is 3.84. The number of hydrogen-bond donors (Lipinski definition) is 1. The van der Waals surface area contributed by atoms with Crippen LogP contribution in [-0.2, 0) is 11.2 Å². The molecule has 108 valence electrons. The first-order valence-corrected chi connectivity index (χ1v) is 7.33. The largest absolute Gasteiger partial charge is 0.454 e. The molecule has 1 amide bonds. The van der Waals surface area contributed by atoms with Crippen LogP contribution in [0.1, 0.15) is 22.8 Å². The van der Waals surface area contributed by atoms with E-state index in [1.807, 2.05) is 16.8 Å². The normalized spacial score (nSPS) is 12.2. The third-order valence-electron chi connectivity index (χ3n) is 3.11. The SMILES string of the molecule is CC(=O)c1cc2c(cc1NC(=O)Cc1ccsc1)OCO2. The predicted molar refractivity (Wildman–Crippen MR) is 79.2 cm³/mol.